The van der Waals surface area contributed by atoms with Gasteiger partial charge < -0.3 is 9.47 Å². The van der Waals surface area contributed by atoms with Crippen molar-refractivity contribution in [3.63, 3.8) is 0 Å². The lowest BCUT2D eigenvalue weighted by Crippen LogP contribution is -2.29. The maximum Gasteiger partial charge on any atom is 0.142 e. The lowest BCUT2D eigenvalue weighted by atomic mass is 10.0. The van der Waals surface area contributed by atoms with Gasteiger partial charge >= 0.3 is 0 Å². The van der Waals surface area contributed by atoms with E-state index in [4.69, 9.17) is 9.47 Å². The molecule has 2 heterocycles. The SMILES string of the molecule is CN1COc2cc3ccc4c(c3cc2C1)OCN(C)C4. The molecule has 0 amide bonds. The molecule has 2 aromatic rings. The first-order chi connectivity index (χ1) is 9.70. The summed E-state index contributed by atoms with van der Waals surface area (Å²) in [6.07, 6.45) is 0. The predicted molar refractivity (Wildman–Crippen MR) is 77.9 cm³/mol. The summed E-state index contributed by atoms with van der Waals surface area (Å²) in [5.41, 5.74) is 2.50. The standard InChI is InChI=1S/C16H18N2O2/c1-17-7-12-4-3-11-6-15-13(8-18(2)9-19-15)5-14(11)16(12)20-10-17/h3-6H,7-10H2,1-2H3. The van der Waals surface area contributed by atoms with Crippen LogP contribution < -0.4 is 9.47 Å². The van der Waals surface area contributed by atoms with E-state index in [1.54, 1.807) is 0 Å². The van der Waals surface area contributed by atoms with Crippen LogP contribution in [0.15, 0.2) is 24.3 Å². The number of ether oxygens (including phenoxy) is 2. The average Bonchev–Trinajstić information content (AvgIpc) is 2.44. The van der Waals surface area contributed by atoms with Crippen molar-refractivity contribution in [2.24, 2.45) is 0 Å². The molecule has 0 atom stereocenters. The van der Waals surface area contributed by atoms with Gasteiger partial charge in [-0.1, -0.05) is 12.1 Å². The van der Waals surface area contributed by atoms with Crippen LogP contribution in [0.5, 0.6) is 11.5 Å². The molecule has 104 valence electrons. The van der Waals surface area contributed by atoms with Crippen molar-refractivity contribution in [3.05, 3.63) is 35.4 Å². The first-order valence-electron chi connectivity index (χ1n) is 6.92. The zero-order valence-corrected chi connectivity index (χ0v) is 11.8. The Balaban J connectivity index is 1.90. The average molecular weight is 270 g/mol. The smallest absolute Gasteiger partial charge is 0.142 e. The van der Waals surface area contributed by atoms with Crippen molar-refractivity contribution in [3.8, 4) is 11.5 Å². The van der Waals surface area contributed by atoms with Crippen LogP contribution in [0, 0.1) is 0 Å². The van der Waals surface area contributed by atoms with Crippen molar-refractivity contribution in [1.29, 1.82) is 0 Å². The molecule has 0 aliphatic carbocycles. The number of hydrogen-bond donors (Lipinski definition) is 0. The third-order valence-corrected chi connectivity index (χ3v) is 3.98. The highest BCUT2D eigenvalue weighted by atomic mass is 16.5. The van der Waals surface area contributed by atoms with E-state index in [0.717, 1.165) is 24.6 Å². The van der Waals surface area contributed by atoms with E-state index in [0.29, 0.717) is 13.5 Å². The Morgan fingerprint density at radius 3 is 2.50 bits per heavy atom. The molecule has 0 radical (unpaired) electrons. The Morgan fingerprint density at radius 2 is 1.65 bits per heavy atom. The number of benzene rings is 2. The molecule has 20 heavy (non-hydrogen) atoms. The van der Waals surface area contributed by atoms with Crippen LogP contribution in [0.2, 0.25) is 0 Å². The van der Waals surface area contributed by atoms with Gasteiger partial charge in [-0.3, -0.25) is 9.80 Å². The Bertz CT molecular complexity index is 684. The fourth-order valence-corrected chi connectivity index (χ4v) is 2.99. The topological polar surface area (TPSA) is 24.9 Å². The van der Waals surface area contributed by atoms with Crippen molar-refractivity contribution >= 4 is 10.8 Å². The molecule has 4 rings (SSSR count). The van der Waals surface area contributed by atoms with Gasteiger partial charge in [-0.15, -0.1) is 0 Å². The van der Waals surface area contributed by atoms with Gasteiger partial charge in [0.15, 0.2) is 0 Å². The molecule has 0 saturated heterocycles. The van der Waals surface area contributed by atoms with E-state index in [2.05, 4.69) is 48.2 Å². The van der Waals surface area contributed by atoms with Crippen molar-refractivity contribution in [2.45, 2.75) is 13.1 Å². The number of rotatable bonds is 0. The molecule has 0 unspecified atom stereocenters. The molecule has 0 N–H and O–H groups in total. The van der Waals surface area contributed by atoms with Crippen LogP contribution >= 0.6 is 0 Å². The minimum absolute atomic E-state index is 0.652. The summed E-state index contributed by atoms with van der Waals surface area (Å²) >= 11 is 0. The van der Waals surface area contributed by atoms with Crippen LogP contribution in [0.4, 0.5) is 0 Å². The monoisotopic (exact) mass is 270 g/mol. The molecular weight excluding hydrogens is 252 g/mol. The quantitative estimate of drug-likeness (QED) is 0.734. The Labute approximate surface area is 118 Å². The minimum atomic E-state index is 0.652. The summed E-state index contributed by atoms with van der Waals surface area (Å²) in [6, 6.07) is 8.69. The molecule has 0 spiro atoms. The lowest BCUT2D eigenvalue weighted by Gasteiger charge is -2.29. The number of nitrogens with zero attached hydrogens (tertiary/aromatic N) is 2. The van der Waals surface area contributed by atoms with Gasteiger partial charge in [0.05, 0.1) is 0 Å². The van der Waals surface area contributed by atoms with Gasteiger partial charge in [0.25, 0.3) is 0 Å². The van der Waals surface area contributed by atoms with E-state index in [-0.39, 0.29) is 0 Å². The molecule has 4 nitrogen and oxygen atoms in total. The maximum absolute atomic E-state index is 5.94. The largest absolute Gasteiger partial charge is 0.478 e. The van der Waals surface area contributed by atoms with Gasteiger partial charge in [-0.05, 0) is 31.6 Å². The number of fused-ring (bicyclic) bond motifs is 4. The minimum Gasteiger partial charge on any atom is -0.478 e. The van der Waals surface area contributed by atoms with E-state index < -0.39 is 0 Å². The summed E-state index contributed by atoms with van der Waals surface area (Å²) in [7, 11) is 4.14. The molecular formula is C16H18N2O2. The summed E-state index contributed by atoms with van der Waals surface area (Å²) in [6.45, 7) is 3.18. The van der Waals surface area contributed by atoms with Gasteiger partial charge in [-0.25, -0.2) is 0 Å². The van der Waals surface area contributed by atoms with Crippen molar-refractivity contribution in [1.82, 2.24) is 9.80 Å². The Kier molecular flexibility index (Phi) is 2.62. The second kappa shape index (κ2) is 4.36. The van der Waals surface area contributed by atoms with E-state index in [1.165, 1.54) is 21.9 Å². The fraction of sp³-hybridized carbons (Fsp3) is 0.375. The molecule has 0 bridgehead atoms. The van der Waals surface area contributed by atoms with Crippen molar-refractivity contribution in [2.75, 3.05) is 27.6 Å². The normalized spacial score (nSPS) is 19.1. The number of hydrogen-bond acceptors (Lipinski definition) is 4. The Hall–Kier alpha value is -1.78. The van der Waals surface area contributed by atoms with Crippen LogP contribution in [-0.2, 0) is 13.1 Å². The van der Waals surface area contributed by atoms with E-state index in [9.17, 15) is 0 Å². The van der Waals surface area contributed by atoms with E-state index >= 15 is 0 Å². The molecule has 2 aliphatic heterocycles. The maximum atomic E-state index is 5.94. The van der Waals surface area contributed by atoms with Crippen LogP contribution in [-0.4, -0.2) is 37.4 Å². The highest BCUT2D eigenvalue weighted by Gasteiger charge is 2.20. The second-order valence-corrected chi connectivity index (χ2v) is 5.81. The fourth-order valence-electron chi connectivity index (χ4n) is 2.99. The molecule has 0 aromatic heterocycles. The first-order valence-corrected chi connectivity index (χ1v) is 6.92. The van der Waals surface area contributed by atoms with Crippen LogP contribution in [0.25, 0.3) is 10.8 Å². The Morgan fingerprint density at radius 1 is 0.900 bits per heavy atom. The molecule has 2 aromatic carbocycles. The van der Waals surface area contributed by atoms with Gasteiger partial charge in [0, 0.05) is 29.6 Å². The third-order valence-electron chi connectivity index (χ3n) is 3.98. The van der Waals surface area contributed by atoms with Gasteiger partial charge in [0.1, 0.15) is 25.0 Å². The summed E-state index contributed by atoms with van der Waals surface area (Å²) in [5, 5.41) is 2.39. The molecule has 2 aliphatic rings. The lowest BCUT2D eigenvalue weighted by molar-refractivity contribution is 0.121. The second-order valence-electron chi connectivity index (χ2n) is 5.81. The zero-order valence-electron chi connectivity index (χ0n) is 11.8. The van der Waals surface area contributed by atoms with E-state index in [1.807, 2.05) is 0 Å². The van der Waals surface area contributed by atoms with Crippen molar-refractivity contribution < 1.29 is 9.47 Å². The predicted octanol–water partition coefficient (Wildman–Crippen LogP) is 2.40. The summed E-state index contributed by atoms with van der Waals surface area (Å²) in [5.74, 6) is 2.04. The highest BCUT2D eigenvalue weighted by molar-refractivity contribution is 5.91. The molecule has 0 fully saturated rings. The third kappa shape index (κ3) is 1.84. The van der Waals surface area contributed by atoms with Crippen LogP contribution in [0.1, 0.15) is 11.1 Å². The highest BCUT2D eigenvalue weighted by Crippen LogP contribution is 2.37. The van der Waals surface area contributed by atoms with Crippen LogP contribution in [0.3, 0.4) is 0 Å². The molecule has 4 heteroatoms. The summed E-state index contributed by atoms with van der Waals surface area (Å²) < 4.78 is 11.7. The van der Waals surface area contributed by atoms with Gasteiger partial charge in [-0.2, -0.15) is 0 Å². The zero-order chi connectivity index (χ0) is 13.7. The molecule has 0 saturated carbocycles. The first kappa shape index (κ1) is 12.0. The summed E-state index contributed by atoms with van der Waals surface area (Å²) in [4.78, 5) is 4.33. The van der Waals surface area contributed by atoms with Gasteiger partial charge in [0.2, 0.25) is 0 Å².